The molecule has 0 radical (unpaired) electrons. The van der Waals surface area contributed by atoms with Crippen molar-refractivity contribution in [1.29, 1.82) is 0 Å². The topological polar surface area (TPSA) is 116 Å². The Bertz CT molecular complexity index is 234. The molecule has 1 amide bonds. The van der Waals surface area contributed by atoms with Gasteiger partial charge in [0.2, 0.25) is 5.91 Å². The number of nitrogens with one attached hydrogen (secondary N) is 1. The molecule has 0 spiro atoms. The Kier molecular flexibility index (Phi) is 8.10. The quantitative estimate of drug-likeness (QED) is 0.359. The molecule has 1 unspecified atom stereocenters. The number of nitrogens with two attached hydrogens (primary N) is 1. The molecule has 0 bridgehead atoms. The van der Waals surface area contributed by atoms with E-state index in [2.05, 4.69) is 19.2 Å². The van der Waals surface area contributed by atoms with Gasteiger partial charge in [0.25, 0.3) is 0 Å². The Balaban J connectivity index is 4.38. The third-order valence-electron chi connectivity index (χ3n) is 2.92. The molecule has 0 saturated heterocycles. The maximum absolute atomic E-state index is 11.8. The van der Waals surface area contributed by atoms with Gasteiger partial charge in [-0.25, -0.2) is 0 Å². The molecule has 108 valence electrons. The van der Waals surface area contributed by atoms with Crippen LogP contribution in [-0.2, 0) is 4.79 Å². The van der Waals surface area contributed by atoms with E-state index in [1.807, 2.05) is 0 Å². The first-order chi connectivity index (χ1) is 8.42. The first-order valence-electron chi connectivity index (χ1n) is 6.26. The average molecular weight is 262 g/mol. The van der Waals surface area contributed by atoms with Gasteiger partial charge in [0.05, 0.1) is 19.8 Å². The first kappa shape index (κ1) is 17.3. The fraction of sp³-hybridized carbons (Fsp3) is 0.917. The molecule has 6 N–H and O–H groups in total. The minimum absolute atomic E-state index is 0.0683. The number of rotatable bonds is 9. The van der Waals surface area contributed by atoms with Crippen LogP contribution in [0.5, 0.6) is 0 Å². The normalized spacial score (nSPS) is 13.7. The summed E-state index contributed by atoms with van der Waals surface area (Å²) < 4.78 is 0. The highest BCUT2D eigenvalue weighted by Crippen LogP contribution is 2.15. The Morgan fingerprint density at radius 3 is 2.06 bits per heavy atom. The van der Waals surface area contributed by atoms with Gasteiger partial charge in [-0.1, -0.05) is 13.8 Å². The lowest BCUT2D eigenvalue weighted by Crippen LogP contribution is -2.57. The van der Waals surface area contributed by atoms with Crippen LogP contribution in [0.15, 0.2) is 0 Å². The van der Waals surface area contributed by atoms with Crippen molar-refractivity contribution in [2.75, 3.05) is 26.4 Å². The van der Waals surface area contributed by atoms with E-state index in [-0.39, 0.29) is 18.2 Å². The Labute approximate surface area is 108 Å². The zero-order valence-corrected chi connectivity index (χ0v) is 11.2. The minimum Gasteiger partial charge on any atom is -0.394 e. The summed E-state index contributed by atoms with van der Waals surface area (Å²) in [6.07, 6.45) is 1.07. The van der Waals surface area contributed by atoms with Crippen LogP contribution in [0.4, 0.5) is 0 Å². The van der Waals surface area contributed by atoms with Crippen LogP contribution in [0.2, 0.25) is 0 Å². The molecule has 0 aromatic heterocycles. The number of carbonyl (C=O) groups excluding carboxylic acids is 1. The second-order valence-electron chi connectivity index (χ2n) is 5.24. The predicted molar refractivity (Wildman–Crippen MR) is 68.7 cm³/mol. The number of amides is 1. The smallest absolute Gasteiger partial charge is 0.220 e. The van der Waals surface area contributed by atoms with Gasteiger partial charge in [-0.15, -0.1) is 0 Å². The summed E-state index contributed by atoms with van der Waals surface area (Å²) in [4.78, 5) is 11.8. The molecule has 6 nitrogen and oxygen atoms in total. The highest BCUT2D eigenvalue weighted by molar-refractivity contribution is 5.77. The summed E-state index contributed by atoms with van der Waals surface area (Å²) in [6, 6.07) is 0. The van der Waals surface area contributed by atoms with Crippen LogP contribution in [-0.4, -0.2) is 53.1 Å². The fourth-order valence-corrected chi connectivity index (χ4v) is 1.81. The third-order valence-corrected chi connectivity index (χ3v) is 2.92. The molecule has 18 heavy (non-hydrogen) atoms. The van der Waals surface area contributed by atoms with Crippen LogP contribution in [0.3, 0.4) is 0 Å². The molecule has 0 aliphatic heterocycles. The van der Waals surface area contributed by atoms with Crippen LogP contribution in [0.25, 0.3) is 0 Å². The molecule has 0 saturated carbocycles. The van der Waals surface area contributed by atoms with Crippen LogP contribution in [0, 0.1) is 11.8 Å². The summed E-state index contributed by atoms with van der Waals surface area (Å²) in [5, 5.41) is 29.8. The first-order valence-corrected chi connectivity index (χ1v) is 6.26. The standard InChI is InChI=1S/C12H26N2O4/c1-9(2)3-10(5-13)4-11(18)14-12(6-15,7-16)8-17/h9-10,15-17H,3-8,13H2,1-2H3,(H,14,18). The summed E-state index contributed by atoms with van der Waals surface area (Å²) in [7, 11) is 0. The van der Waals surface area contributed by atoms with Crippen molar-refractivity contribution in [2.24, 2.45) is 17.6 Å². The van der Waals surface area contributed by atoms with E-state index in [1.54, 1.807) is 0 Å². The summed E-state index contributed by atoms with van der Waals surface area (Å²) in [6.45, 7) is 2.99. The Morgan fingerprint density at radius 1 is 1.22 bits per heavy atom. The lowest BCUT2D eigenvalue weighted by molar-refractivity contribution is -0.126. The van der Waals surface area contributed by atoms with Gasteiger partial charge in [0.1, 0.15) is 5.54 Å². The van der Waals surface area contributed by atoms with Gasteiger partial charge in [-0.3, -0.25) is 4.79 Å². The molecule has 0 rings (SSSR count). The molecule has 6 heteroatoms. The molecule has 0 aliphatic rings. The SMILES string of the molecule is CC(C)CC(CN)CC(=O)NC(CO)(CO)CO. The highest BCUT2D eigenvalue weighted by atomic mass is 16.3. The Morgan fingerprint density at radius 2 is 1.72 bits per heavy atom. The fourth-order valence-electron chi connectivity index (χ4n) is 1.81. The van der Waals surface area contributed by atoms with E-state index in [0.717, 1.165) is 6.42 Å². The number of aliphatic hydroxyl groups is 3. The van der Waals surface area contributed by atoms with E-state index in [0.29, 0.717) is 12.5 Å². The molecule has 0 fully saturated rings. The minimum atomic E-state index is -1.35. The largest absolute Gasteiger partial charge is 0.394 e. The average Bonchev–Trinajstić information content (AvgIpc) is 2.34. The molecule has 0 aromatic carbocycles. The molecular weight excluding hydrogens is 236 g/mol. The molecule has 0 heterocycles. The number of aliphatic hydroxyl groups excluding tert-OH is 3. The van der Waals surface area contributed by atoms with E-state index >= 15 is 0 Å². The third kappa shape index (κ3) is 5.77. The van der Waals surface area contributed by atoms with E-state index in [9.17, 15) is 4.79 Å². The zero-order chi connectivity index (χ0) is 14.2. The van der Waals surface area contributed by atoms with Crippen molar-refractivity contribution in [1.82, 2.24) is 5.32 Å². The summed E-state index contributed by atoms with van der Waals surface area (Å²) in [5.74, 6) is 0.201. The maximum Gasteiger partial charge on any atom is 0.220 e. The predicted octanol–water partition coefficient (Wildman–Crippen LogP) is -1.17. The van der Waals surface area contributed by atoms with Crippen molar-refractivity contribution in [2.45, 2.75) is 32.2 Å². The maximum atomic E-state index is 11.8. The number of hydrogen-bond donors (Lipinski definition) is 5. The van der Waals surface area contributed by atoms with Gasteiger partial charge in [0.15, 0.2) is 0 Å². The molecule has 0 aromatic rings. The number of carbonyl (C=O) groups is 1. The van der Waals surface area contributed by atoms with Gasteiger partial charge < -0.3 is 26.4 Å². The van der Waals surface area contributed by atoms with Gasteiger partial charge in [0, 0.05) is 6.42 Å². The molecule has 0 aliphatic carbocycles. The second kappa shape index (κ2) is 8.42. The van der Waals surface area contributed by atoms with Crippen LogP contribution in [0.1, 0.15) is 26.7 Å². The van der Waals surface area contributed by atoms with Crippen molar-refractivity contribution in [3.05, 3.63) is 0 Å². The summed E-state index contributed by atoms with van der Waals surface area (Å²) in [5.41, 5.74) is 4.25. The van der Waals surface area contributed by atoms with Gasteiger partial charge >= 0.3 is 0 Å². The monoisotopic (exact) mass is 262 g/mol. The van der Waals surface area contributed by atoms with Crippen molar-refractivity contribution < 1.29 is 20.1 Å². The molecular formula is C12H26N2O4. The van der Waals surface area contributed by atoms with Crippen LogP contribution < -0.4 is 11.1 Å². The van der Waals surface area contributed by atoms with E-state index < -0.39 is 25.4 Å². The lowest BCUT2D eigenvalue weighted by atomic mass is 9.93. The van der Waals surface area contributed by atoms with Crippen molar-refractivity contribution >= 4 is 5.91 Å². The second-order valence-corrected chi connectivity index (χ2v) is 5.24. The van der Waals surface area contributed by atoms with Gasteiger partial charge in [-0.2, -0.15) is 0 Å². The Hall–Kier alpha value is -0.690. The van der Waals surface area contributed by atoms with Crippen LogP contribution >= 0.6 is 0 Å². The van der Waals surface area contributed by atoms with E-state index in [1.165, 1.54) is 0 Å². The summed E-state index contributed by atoms with van der Waals surface area (Å²) >= 11 is 0. The van der Waals surface area contributed by atoms with Crippen molar-refractivity contribution in [3.63, 3.8) is 0 Å². The zero-order valence-electron chi connectivity index (χ0n) is 11.2. The number of hydrogen-bond acceptors (Lipinski definition) is 5. The highest BCUT2D eigenvalue weighted by Gasteiger charge is 2.30. The van der Waals surface area contributed by atoms with E-state index in [4.69, 9.17) is 21.1 Å². The molecule has 1 atom stereocenters. The van der Waals surface area contributed by atoms with Gasteiger partial charge in [-0.05, 0) is 24.8 Å². The van der Waals surface area contributed by atoms with Crippen molar-refractivity contribution in [3.8, 4) is 0 Å². The lowest BCUT2D eigenvalue weighted by Gasteiger charge is -2.29.